The summed E-state index contributed by atoms with van der Waals surface area (Å²) in [6.45, 7) is 3.49. The molecule has 4 heterocycles. The Hall–Kier alpha value is -3.55. The van der Waals surface area contributed by atoms with E-state index in [0.29, 0.717) is 45.2 Å². The van der Waals surface area contributed by atoms with Gasteiger partial charge in [0.05, 0.1) is 29.3 Å². The molecular formula is C19H17FN6O. The van der Waals surface area contributed by atoms with Gasteiger partial charge in [0, 0.05) is 42.3 Å². The summed E-state index contributed by atoms with van der Waals surface area (Å²) in [6.07, 6.45) is 6.13. The predicted octanol–water partition coefficient (Wildman–Crippen LogP) is 3.12. The Kier molecular flexibility index (Phi) is 3.95. The van der Waals surface area contributed by atoms with E-state index in [0.717, 1.165) is 0 Å². The van der Waals surface area contributed by atoms with Crippen LogP contribution in [0.1, 0.15) is 18.1 Å². The van der Waals surface area contributed by atoms with Gasteiger partial charge < -0.3 is 10.6 Å². The SMILES string of the molecule is C/C(Nc1ccn(C)n1)=C1/C(=O)Nc2cnc(-c3cncc(F)c3C)cc21. The van der Waals surface area contributed by atoms with E-state index in [-0.39, 0.29) is 5.91 Å². The molecule has 0 radical (unpaired) electrons. The molecule has 1 amide bonds. The summed E-state index contributed by atoms with van der Waals surface area (Å²) in [5.41, 5.74) is 4.09. The Morgan fingerprint density at radius 3 is 2.81 bits per heavy atom. The highest BCUT2D eigenvalue weighted by molar-refractivity contribution is 6.32. The molecule has 2 N–H and O–H groups in total. The number of aromatic nitrogens is 4. The van der Waals surface area contributed by atoms with E-state index in [1.807, 2.05) is 26.2 Å². The van der Waals surface area contributed by atoms with Gasteiger partial charge in [-0.05, 0) is 25.5 Å². The average molecular weight is 364 g/mol. The molecular weight excluding hydrogens is 347 g/mol. The first-order valence-corrected chi connectivity index (χ1v) is 8.34. The molecule has 0 unspecified atom stereocenters. The van der Waals surface area contributed by atoms with Gasteiger partial charge in [-0.3, -0.25) is 19.4 Å². The van der Waals surface area contributed by atoms with Crippen molar-refractivity contribution in [3.05, 3.63) is 59.6 Å². The highest BCUT2D eigenvalue weighted by atomic mass is 19.1. The van der Waals surface area contributed by atoms with Gasteiger partial charge >= 0.3 is 0 Å². The molecule has 0 fully saturated rings. The molecule has 0 bridgehead atoms. The third kappa shape index (κ3) is 2.95. The number of anilines is 2. The molecule has 1 aliphatic heterocycles. The number of carbonyl (C=O) groups excluding carboxylic acids is 1. The highest BCUT2D eigenvalue weighted by Crippen LogP contribution is 2.36. The molecule has 0 spiro atoms. The van der Waals surface area contributed by atoms with Gasteiger partial charge in [-0.25, -0.2) is 4.39 Å². The van der Waals surface area contributed by atoms with Crippen LogP contribution in [0.4, 0.5) is 15.9 Å². The summed E-state index contributed by atoms with van der Waals surface area (Å²) >= 11 is 0. The second-order valence-electron chi connectivity index (χ2n) is 6.36. The molecule has 7 nitrogen and oxygen atoms in total. The van der Waals surface area contributed by atoms with Crippen LogP contribution < -0.4 is 10.6 Å². The molecule has 1 aliphatic rings. The van der Waals surface area contributed by atoms with Crippen molar-refractivity contribution in [2.45, 2.75) is 13.8 Å². The minimum Gasteiger partial charge on any atom is -0.342 e. The van der Waals surface area contributed by atoms with Crippen molar-refractivity contribution in [1.82, 2.24) is 19.7 Å². The smallest absolute Gasteiger partial charge is 0.258 e. The molecule has 136 valence electrons. The number of nitrogens with one attached hydrogen (secondary N) is 2. The third-order valence-corrected chi connectivity index (χ3v) is 4.48. The van der Waals surface area contributed by atoms with Crippen LogP contribution in [-0.4, -0.2) is 25.7 Å². The first-order valence-electron chi connectivity index (χ1n) is 8.34. The summed E-state index contributed by atoms with van der Waals surface area (Å²) in [6, 6.07) is 3.59. The average Bonchev–Trinajstić information content (AvgIpc) is 3.18. The van der Waals surface area contributed by atoms with Crippen LogP contribution in [0.3, 0.4) is 0 Å². The van der Waals surface area contributed by atoms with Crippen molar-refractivity contribution in [3.8, 4) is 11.3 Å². The largest absolute Gasteiger partial charge is 0.342 e. The minimum atomic E-state index is -0.396. The molecule has 0 saturated heterocycles. The number of halogens is 1. The summed E-state index contributed by atoms with van der Waals surface area (Å²) in [5, 5.41) is 10.2. The lowest BCUT2D eigenvalue weighted by Crippen LogP contribution is -2.09. The number of nitrogens with zero attached hydrogens (tertiary/aromatic N) is 4. The lowest BCUT2D eigenvalue weighted by atomic mass is 10.0. The van der Waals surface area contributed by atoms with E-state index in [1.165, 1.54) is 6.20 Å². The van der Waals surface area contributed by atoms with E-state index < -0.39 is 5.82 Å². The molecule has 0 atom stereocenters. The van der Waals surface area contributed by atoms with Crippen LogP contribution in [0.2, 0.25) is 0 Å². The maximum absolute atomic E-state index is 13.9. The second kappa shape index (κ2) is 6.31. The Labute approximate surface area is 155 Å². The van der Waals surface area contributed by atoms with Crippen molar-refractivity contribution < 1.29 is 9.18 Å². The molecule has 4 rings (SSSR count). The van der Waals surface area contributed by atoms with Gasteiger partial charge in [0.25, 0.3) is 5.91 Å². The Balaban J connectivity index is 1.79. The molecule has 0 aromatic carbocycles. The number of pyridine rings is 2. The summed E-state index contributed by atoms with van der Waals surface area (Å²) in [5.74, 6) is 0.0231. The number of carbonyl (C=O) groups is 1. The minimum absolute atomic E-state index is 0.223. The zero-order valence-electron chi connectivity index (χ0n) is 15.0. The maximum atomic E-state index is 13.9. The van der Waals surface area contributed by atoms with Crippen LogP contribution in [-0.2, 0) is 11.8 Å². The van der Waals surface area contributed by atoms with Crippen molar-refractivity contribution in [2.75, 3.05) is 10.6 Å². The number of aryl methyl sites for hydroxylation is 1. The Morgan fingerprint density at radius 1 is 1.26 bits per heavy atom. The monoisotopic (exact) mass is 364 g/mol. The Morgan fingerprint density at radius 2 is 2.07 bits per heavy atom. The second-order valence-corrected chi connectivity index (χ2v) is 6.36. The number of rotatable bonds is 3. The zero-order chi connectivity index (χ0) is 19.1. The summed E-state index contributed by atoms with van der Waals surface area (Å²) < 4.78 is 15.5. The van der Waals surface area contributed by atoms with Gasteiger partial charge in [0.15, 0.2) is 5.82 Å². The molecule has 27 heavy (non-hydrogen) atoms. The third-order valence-electron chi connectivity index (χ3n) is 4.48. The van der Waals surface area contributed by atoms with Crippen LogP contribution in [0.25, 0.3) is 16.8 Å². The fourth-order valence-corrected chi connectivity index (χ4v) is 3.08. The van der Waals surface area contributed by atoms with Crippen LogP contribution in [0, 0.1) is 12.7 Å². The highest BCUT2D eigenvalue weighted by Gasteiger charge is 2.28. The van der Waals surface area contributed by atoms with E-state index in [1.54, 1.807) is 30.1 Å². The van der Waals surface area contributed by atoms with E-state index in [4.69, 9.17) is 0 Å². The normalized spacial score (nSPS) is 14.7. The number of allylic oxidation sites excluding steroid dienone is 1. The number of hydrogen-bond donors (Lipinski definition) is 2. The summed E-state index contributed by atoms with van der Waals surface area (Å²) in [4.78, 5) is 20.8. The standard InChI is InChI=1S/C19H17FN6O/c1-10-13(7-21-8-14(10)20)15-6-12-16(9-22-15)24-19(27)18(12)11(2)23-17-4-5-26(3)25-17/h4-9H,1-3H3,(H,23,25)(H,24,27)/b18-11-. The van der Waals surface area contributed by atoms with Crippen molar-refractivity contribution in [1.29, 1.82) is 0 Å². The molecule has 8 heteroatoms. The molecule has 0 aliphatic carbocycles. The quantitative estimate of drug-likeness (QED) is 0.698. The fraction of sp³-hybridized carbons (Fsp3) is 0.158. The molecule has 3 aromatic heterocycles. The van der Waals surface area contributed by atoms with Crippen LogP contribution in [0.15, 0.2) is 42.6 Å². The first kappa shape index (κ1) is 16.9. The van der Waals surface area contributed by atoms with E-state index in [2.05, 4.69) is 25.7 Å². The molecule has 3 aromatic rings. The first-order chi connectivity index (χ1) is 12.9. The predicted molar refractivity (Wildman–Crippen MR) is 100 cm³/mol. The van der Waals surface area contributed by atoms with Gasteiger partial charge in [-0.1, -0.05) is 0 Å². The van der Waals surface area contributed by atoms with E-state index in [9.17, 15) is 9.18 Å². The van der Waals surface area contributed by atoms with Crippen molar-refractivity contribution in [3.63, 3.8) is 0 Å². The summed E-state index contributed by atoms with van der Waals surface area (Å²) in [7, 11) is 1.82. The van der Waals surface area contributed by atoms with Gasteiger partial charge in [-0.15, -0.1) is 0 Å². The van der Waals surface area contributed by atoms with Crippen LogP contribution >= 0.6 is 0 Å². The van der Waals surface area contributed by atoms with Crippen molar-refractivity contribution in [2.24, 2.45) is 7.05 Å². The lowest BCUT2D eigenvalue weighted by molar-refractivity contribution is -0.110. The maximum Gasteiger partial charge on any atom is 0.258 e. The fourth-order valence-electron chi connectivity index (χ4n) is 3.08. The number of amides is 1. The molecule has 0 saturated carbocycles. The number of fused-ring (bicyclic) bond motifs is 1. The Bertz CT molecular complexity index is 1100. The topological polar surface area (TPSA) is 84.7 Å². The van der Waals surface area contributed by atoms with E-state index >= 15 is 0 Å². The van der Waals surface area contributed by atoms with Crippen LogP contribution in [0.5, 0.6) is 0 Å². The van der Waals surface area contributed by atoms with Gasteiger partial charge in [0.2, 0.25) is 0 Å². The zero-order valence-corrected chi connectivity index (χ0v) is 15.0. The van der Waals surface area contributed by atoms with Gasteiger partial charge in [0.1, 0.15) is 5.82 Å². The number of hydrogen-bond acceptors (Lipinski definition) is 5. The van der Waals surface area contributed by atoms with Gasteiger partial charge in [-0.2, -0.15) is 5.10 Å². The van der Waals surface area contributed by atoms with Crippen molar-refractivity contribution >= 4 is 23.0 Å². The lowest BCUT2D eigenvalue weighted by Gasteiger charge is -2.09.